The Balaban J connectivity index is 1.91. The van der Waals surface area contributed by atoms with Gasteiger partial charge in [-0.2, -0.15) is 0 Å². The number of aromatic nitrogens is 2. The molecule has 1 unspecified atom stereocenters. The molecule has 5 rings (SSSR count). The molecule has 1 aliphatic carbocycles. The number of carboxylic acids is 1. The first kappa shape index (κ1) is 24.0. The number of carbonyl (C=O) groups is 1. The van der Waals surface area contributed by atoms with E-state index >= 15 is 0 Å². The van der Waals surface area contributed by atoms with E-state index in [1.165, 1.54) is 5.56 Å². The topological polar surface area (TPSA) is 72.2 Å². The van der Waals surface area contributed by atoms with Gasteiger partial charge < -0.3 is 5.11 Å². The zero-order valence-electron chi connectivity index (χ0n) is 21.0. The number of pyridine rings is 2. The van der Waals surface area contributed by atoms with Gasteiger partial charge in [0.25, 0.3) is 5.56 Å². The first-order valence-corrected chi connectivity index (χ1v) is 12.9. The van der Waals surface area contributed by atoms with E-state index in [9.17, 15) is 14.7 Å². The molecule has 0 bridgehead atoms. The lowest BCUT2D eigenvalue weighted by Crippen LogP contribution is -2.31. The molecule has 0 saturated heterocycles. The van der Waals surface area contributed by atoms with E-state index in [-0.39, 0.29) is 5.56 Å². The standard InChI is InChI=1S/C31H32N2O3/c1-3-9-24(31(35)36)28-27(22-16-14-20(2)15-17-22)25-18-23-12-7-8-13-26(23)32-29(25)33(30(28)34)19-21-10-5-4-6-11-21/h4-6,10-11,14-18,24H,3,7-9,12-13,19H2,1-2H3,(H,35,36). The van der Waals surface area contributed by atoms with E-state index in [0.717, 1.165) is 59.0 Å². The highest BCUT2D eigenvalue weighted by Gasteiger charge is 2.30. The van der Waals surface area contributed by atoms with Gasteiger partial charge in [0, 0.05) is 22.2 Å². The maximum Gasteiger partial charge on any atom is 0.311 e. The molecule has 2 aromatic carbocycles. The number of rotatable bonds is 7. The van der Waals surface area contributed by atoms with Crippen LogP contribution >= 0.6 is 0 Å². The molecule has 184 valence electrons. The molecule has 0 radical (unpaired) electrons. The Morgan fingerprint density at radius 1 is 1.06 bits per heavy atom. The fourth-order valence-electron chi connectivity index (χ4n) is 5.45. The average molecular weight is 481 g/mol. The Labute approximate surface area is 211 Å². The van der Waals surface area contributed by atoms with Crippen molar-refractivity contribution in [2.45, 2.75) is 64.8 Å². The number of nitrogens with zero attached hydrogens (tertiary/aromatic N) is 2. The molecule has 0 amide bonds. The number of aryl methyl sites for hydroxylation is 3. The summed E-state index contributed by atoms with van der Waals surface area (Å²) in [5.74, 6) is -1.85. The lowest BCUT2D eigenvalue weighted by molar-refractivity contribution is -0.139. The molecule has 2 aromatic heterocycles. The molecule has 0 spiro atoms. The van der Waals surface area contributed by atoms with Crippen molar-refractivity contribution in [2.24, 2.45) is 0 Å². The fraction of sp³-hybridized carbons (Fsp3) is 0.323. The minimum absolute atomic E-state index is 0.258. The number of aliphatic carboxylic acids is 1. The third-order valence-electron chi connectivity index (χ3n) is 7.30. The molecule has 5 nitrogen and oxygen atoms in total. The van der Waals surface area contributed by atoms with Crippen molar-refractivity contribution in [2.75, 3.05) is 0 Å². The third-order valence-corrected chi connectivity index (χ3v) is 7.30. The summed E-state index contributed by atoms with van der Waals surface area (Å²) in [4.78, 5) is 31.9. The van der Waals surface area contributed by atoms with Crippen LogP contribution in [0.3, 0.4) is 0 Å². The number of carboxylic acid groups (broad SMARTS) is 1. The van der Waals surface area contributed by atoms with Crippen LogP contribution in [0.2, 0.25) is 0 Å². The van der Waals surface area contributed by atoms with Gasteiger partial charge >= 0.3 is 5.97 Å². The quantitative estimate of drug-likeness (QED) is 0.338. The maximum absolute atomic E-state index is 14.3. The lowest BCUT2D eigenvalue weighted by atomic mass is 9.85. The summed E-state index contributed by atoms with van der Waals surface area (Å²) < 4.78 is 1.71. The first-order valence-electron chi connectivity index (χ1n) is 12.9. The van der Waals surface area contributed by atoms with Crippen molar-refractivity contribution in [3.05, 3.63) is 99.0 Å². The second kappa shape index (κ2) is 10.1. The molecule has 2 heterocycles. The summed E-state index contributed by atoms with van der Waals surface area (Å²) in [6, 6.07) is 20.1. The van der Waals surface area contributed by atoms with Crippen molar-refractivity contribution >= 4 is 17.0 Å². The minimum Gasteiger partial charge on any atom is -0.481 e. The van der Waals surface area contributed by atoms with Crippen LogP contribution in [0.25, 0.3) is 22.2 Å². The van der Waals surface area contributed by atoms with E-state index in [2.05, 4.69) is 6.07 Å². The molecule has 1 N–H and O–H groups in total. The van der Waals surface area contributed by atoms with E-state index < -0.39 is 11.9 Å². The summed E-state index contributed by atoms with van der Waals surface area (Å²) in [5.41, 5.74) is 6.70. The molecule has 5 heteroatoms. The number of benzene rings is 2. The van der Waals surface area contributed by atoms with E-state index in [1.54, 1.807) is 4.57 Å². The zero-order chi connectivity index (χ0) is 25.2. The van der Waals surface area contributed by atoms with Crippen LogP contribution in [0.4, 0.5) is 0 Å². The molecular formula is C31H32N2O3. The monoisotopic (exact) mass is 480 g/mol. The van der Waals surface area contributed by atoms with Gasteiger partial charge in [0.15, 0.2) is 0 Å². The maximum atomic E-state index is 14.3. The van der Waals surface area contributed by atoms with Gasteiger partial charge in [-0.1, -0.05) is 73.5 Å². The largest absolute Gasteiger partial charge is 0.481 e. The highest BCUT2D eigenvalue weighted by Crippen LogP contribution is 2.37. The lowest BCUT2D eigenvalue weighted by Gasteiger charge is -2.24. The van der Waals surface area contributed by atoms with Crippen LogP contribution in [0, 0.1) is 6.92 Å². The van der Waals surface area contributed by atoms with Crippen LogP contribution < -0.4 is 5.56 Å². The van der Waals surface area contributed by atoms with Crippen LogP contribution in [0.1, 0.15) is 66.5 Å². The molecule has 0 aliphatic heterocycles. The average Bonchev–Trinajstić information content (AvgIpc) is 2.89. The molecule has 1 atom stereocenters. The van der Waals surface area contributed by atoms with E-state index in [0.29, 0.717) is 30.6 Å². The fourth-order valence-corrected chi connectivity index (χ4v) is 5.45. The van der Waals surface area contributed by atoms with Crippen molar-refractivity contribution in [3.8, 4) is 11.1 Å². The van der Waals surface area contributed by atoms with Gasteiger partial charge in [-0.3, -0.25) is 14.2 Å². The van der Waals surface area contributed by atoms with Crippen molar-refractivity contribution < 1.29 is 9.90 Å². The van der Waals surface area contributed by atoms with Gasteiger partial charge in [0.2, 0.25) is 0 Å². The SMILES string of the molecule is CCCC(C(=O)O)c1c(-c2ccc(C)cc2)c2cc3c(nc2n(Cc2ccccc2)c1=O)CCCC3. The molecule has 1 aliphatic rings. The molecular weight excluding hydrogens is 448 g/mol. The number of hydrogen-bond acceptors (Lipinski definition) is 3. The summed E-state index contributed by atoms with van der Waals surface area (Å²) in [5, 5.41) is 11.1. The second-order valence-electron chi connectivity index (χ2n) is 9.88. The van der Waals surface area contributed by atoms with Gasteiger partial charge in [0.1, 0.15) is 5.65 Å². The zero-order valence-corrected chi connectivity index (χ0v) is 21.0. The summed E-state index contributed by atoms with van der Waals surface area (Å²) in [6.07, 6.45) is 5.14. The summed E-state index contributed by atoms with van der Waals surface area (Å²) in [6.45, 7) is 4.33. The van der Waals surface area contributed by atoms with Crippen LogP contribution in [-0.4, -0.2) is 20.6 Å². The summed E-state index contributed by atoms with van der Waals surface area (Å²) >= 11 is 0. The van der Waals surface area contributed by atoms with E-state index in [1.807, 2.05) is 68.4 Å². The van der Waals surface area contributed by atoms with Crippen LogP contribution in [0.5, 0.6) is 0 Å². The van der Waals surface area contributed by atoms with Gasteiger partial charge in [-0.15, -0.1) is 0 Å². The smallest absolute Gasteiger partial charge is 0.311 e. The number of hydrogen-bond donors (Lipinski definition) is 1. The van der Waals surface area contributed by atoms with Crippen LogP contribution in [0.15, 0.2) is 65.5 Å². The highest BCUT2D eigenvalue weighted by atomic mass is 16.4. The minimum atomic E-state index is -0.959. The van der Waals surface area contributed by atoms with Gasteiger partial charge in [-0.25, -0.2) is 4.98 Å². The Morgan fingerprint density at radius 3 is 2.47 bits per heavy atom. The predicted molar refractivity (Wildman–Crippen MR) is 144 cm³/mol. The third kappa shape index (κ3) is 4.46. The molecule has 4 aromatic rings. The predicted octanol–water partition coefficient (Wildman–Crippen LogP) is 6.27. The Hall–Kier alpha value is -3.73. The number of fused-ring (bicyclic) bond motifs is 2. The Morgan fingerprint density at radius 2 is 1.78 bits per heavy atom. The molecule has 0 fully saturated rings. The highest BCUT2D eigenvalue weighted by molar-refractivity contribution is 5.97. The normalized spacial score (nSPS) is 13.9. The van der Waals surface area contributed by atoms with Crippen LogP contribution in [-0.2, 0) is 24.2 Å². The Kier molecular flexibility index (Phi) is 6.73. The first-order chi connectivity index (χ1) is 17.5. The van der Waals surface area contributed by atoms with Crippen molar-refractivity contribution in [1.82, 2.24) is 9.55 Å². The second-order valence-corrected chi connectivity index (χ2v) is 9.88. The van der Waals surface area contributed by atoms with E-state index in [4.69, 9.17) is 4.98 Å². The van der Waals surface area contributed by atoms with Crippen molar-refractivity contribution in [1.29, 1.82) is 0 Å². The molecule has 36 heavy (non-hydrogen) atoms. The summed E-state index contributed by atoms with van der Waals surface area (Å²) in [7, 11) is 0. The van der Waals surface area contributed by atoms with Gasteiger partial charge in [0.05, 0.1) is 12.5 Å². The van der Waals surface area contributed by atoms with Gasteiger partial charge in [-0.05, 0) is 61.8 Å². The Bertz CT molecular complexity index is 1470. The van der Waals surface area contributed by atoms with Crippen molar-refractivity contribution in [3.63, 3.8) is 0 Å². The molecule has 0 saturated carbocycles.